The molecular formula is C20H20ClN3O. The molecule has 0 radical (unpaired) electrons. The Bertz CT molecular complexity index is 847. The van der Waals surface area contributed by atoms with Gasteiger partial charge in [0.25, 0.3) is 0 Å². The highest BCUT2D eigenvalue weighted by Crippen LogP contribution is 2.22. The lowest BCUT2D eigenvalue weighted by Gasteiger charge is -2.27. The number of ether oxygens (including phenoxy) is 1. The maximum Gasteiger partial charge on any atom is 0.233 e. The number of aromatic nitrogens is 2. The number of fused-ring (bicyclic) bond motifs is 1. The Morgan fingerprint density at radius 2 is 1.80 bits per heavy atom. The Kier molecular flexibility index (Phi) is 4.72. The highest BCUT2D eigenvalue weighted by atomic mass is 35.5. The van der Waals surface area contributed by atoms with Gasteiger partial charge in [0.1, 0.15) is 6.61 Å². The average molecular weight is 354 g/mol. The maximum atomic E-state index is 6.28. The van der Waals surface area contributed by atoms with Gasteiger partial charge in [-0.15, -0.1) is 5.10 Å². The van der Waals surface area contributed by atoms with Gasteiger partial charge in [-0.3, -0.25) is 9.58 Å². The van der Waals surface area contributed by atoms with Crippen LogP contribution in [0.5, 0.6) is 5.88 Å². The van der Waals surface area contributed by atoms with Gasteiger partial charge in [0.05, 0.1) is 12.2 Å². The van der Waals surface area contributed by atoms with Gasteiger partial charge in [-0.25, -0.2) is 0 Å². The molecule has 0 saturated carbocycles. The van der Waals surface area contributed by atoms with E-state index in [2.05, 4.69) is 28.2 Å². The van der Waals surface area contributed by atoms with Crippen LogP contribution in [0.25, 0.3) is 0 Å². The van der Waals surface area contributed by atoms with Crippen molar-refractivity contribution in [2.45, 2.75) is 26.2 Å². The first-order valence-electron chi connectivity index (χ1n) is 8.47. The minimum atomic E-state index is 0.542. The van der Waals surface area contributed by atoms with Crippen LogP contribution in [0.15, 0.2) is 60.7 Å². The highest BCUT2D eigenvalue weighted by molar-refractivity contribution is 6.31. The molecule has 128 valence electrons. The van der Waals surface area contributed by atoms with E-state index in [0.717, 1.165) is 42.3 Å². The third-order valence-corrected chi connectivity index (χ3v) is 4.80. The molecule has 0 atom stereocenters. The van der Waals surface area contributed by atoms with Gasteiger partial charge < -0.3 is 4.74 Å². The van der Waals surface area contributed by atoms with Gasteiger partial charge in [-0.1, -0.05) is 60.1 Å². The number of benzene rings is 2. The first kappa shape index (κ1) is 16.2. The molecule has 3 aromatic rings. The Morgan fingerprint density at radius 3 is 2.64 bits per heavy atom. The predicted octanol–water partition coefficient (Wildman–Crippen LogP) is 4.13. The molecule has 1 aromatic heterocycles. The van der Waals surface area contributed by atoms with Gasteiger partial charge in [0.2, 0.25) is 5.88 Å². The van der Waals surface area contributed by atoms with Crippen LogP contribution in [-0.4, -0.2) is 21.2 Å². The van der Waals surface area contributed by atoms with Crippen molar-refractivity contribution >= 4 is 11.6 Å². The molecule has 0 amide bonds. The second-order valence-corrected chi connectivity index (χ2v) is 6.68. The van der Waals surface area contributed by atoms with E-state index in [1.165, 1.54) is 5.69 Å². The van der Waals surface area contributed by atoms with E-state index in [1.54, 1.807) is 0 Å². The van der Waals surface area contributed by atoms with E-state index in [0.29, 0.717) is 12.5 Å². The zero-order chi connectivity index (χ0) is 17.1. The van der Waals surface area contributed by atoms with Crippen molar-refractivity contribution in [3.05, 3.63) is 82.5 Å². The lowest BCUT2D eigenvalue weighted by molar-refractivity contribution is 0.203. The summed E-state index contributed by atoms with van der Waals surface area (Å²) in [6.45, 7) is 4.07. The van der Waals surface area contributed by atoms with E-state index in [1.807, 2.05) is 47.1 Å². The maximum absolute atomic E-state index is 6.28. The topological polar surface area (TPSA) is 30.3 Å². The molecule has 1 aliphatic rings. The second-order valence-electron chi connectivity index (χ2n) is 6.27. The molecule has 0 bridgehead atoms. The summed E-state index contributed by atoms with van der Waals surface area (Å²) in [6, 6.07) is 20.2. The standard InChI is InChI=1S/C20H20ClN3O/c21-19-9-5-4-8-17(19)13-23-10-11-24-18(14-23)12-20(22-24)25-15-16-6-2-1-3-7-16/h1-9,12H,10-11,13-15H2. The van der Waals surface area contributed by atoms with Crippen molar-refractivity contribution in [3.63, 3.8) is 0 Å². The smallest absolute Gasteiger partial charge is 0.233 e. The first-order valence-corrected chi connectivity index (χ1v) is 8.85. The van der Waals surface area contributed by atoms with Gasteiger partial charge in [0, 0.05) is 30.7 Å². The SMILES string of the molecule is Clc1ccccc1CN1CCn2nc(OCc3ccccc3)cc2C1. The highest BCUT2D eigenvalue weighted by Gasteiger charge is 2.19. The molecule has 0 saturated heterocycles. The monoisotopic (exact) mass is 353 g/mol. The summed E-state index contributed by atoms with van der Waals surface area (Å²) in [5, 5.41) is 5.39. The predicted molar refractivity (Wildman–Crippen MR) is 98.6 cm³/mol. The van der Waals surface area contributed by atoms with Gasteiger partial charge in [-0.2, -0.15) is 0 Å². The van der Waals surface area contributed by atoms with Crippen molar-refractivity contribution in [1.82, 2.24) is 14.7 Å². The van der Waals surface area contributed by atoms with Crippen LogP contribution in [0.2, 0.25) is 5.02 Å². The largest absolute Gasteiger partial charge is 0.472 e. The van der Waals surface area contributed by atoms with Gasteiger partial charge in [-0.05, 0) is 17.2 Å². The summed E-state index contributed by atoms with van der Waals surface area (Å²) in [7, 11) is 0. The van der Waals surface area contributed by atoms with Crippen LogP contribution in [0.1, 0.15) is 16.8 Å². The molecular weight excluding hydrogens is 334 g/mol. The van der Waals surface area contributed by atoms with Gasteiger partial charge >= 0.3 is 0 Å². The van der Waals surface area contributed by atoms with Crippen LogP contribution in [0.4, 0.5) is 0 Å². The van der Waals surface area contributed by atoms with Crippen LogP contribution < -0.4 is 4.74 Å². The normalized spacial score (nSPS) is 14.3. The molecule has 5 heteroatoms. The van der Waals surface area contributed by atoms with E-state index in [9.17, 15) is 0 Å². The van der Waals surface area contributed by atoms with Crippen molar-refractivity contribution in [2.24, 2.45) is 0 Å². The van der Waals surface area contributed by atoms with Crippen molar-refractivity contribution in [2.75, 3.05) is 6.54 Å². The molecule has 0 fully saturated rings. The lowest BCUT2D eigenvalue weighted by atomic mass is 10.2. The molecule has 25 heavy (non-hydrogen) atoms. The zero-order valence-corrected chi connectivity index (χ0v) is 14.7. The average Bonchev–Trinajstić information content (AvgIpc) is 3.05. The second kappa shape index (κ2) is 7.30. The molecule has 2 heterocycles. The Labute approximate surface area is 152 Å². The lowest BCUT2D eigenvalue weighted by Crippen LogP contribution is -2.33. The number of nitrogens with zero attached hydrogens (tertiary/aromatic N) is 3. The Morgan fingerprint density at radius 1 is 1.00 bits per heavy atom. The summed E-state index contributed by atoms with van der Waals surface area (Å²) in [5.41, 5.74) is 3.49. The number of rotatable bonds is 5. The molecule has 0 spiro atoms. The number of hydrogen-bond acceptors (Lipinski definition) is 3. The van der Waals surface area contributed by atoms with Crippen LogP contribution in [0.3, 0.4) is 0 Å². The third-order valence-electron chi connectivity index (χ3n) is 4.44. The summed E-state index contributed by atoms with van der Waals surface area (Å²) in [5.74, 6) is 0.693. The van der Waals surface area contributed by atoms with E-state index in [-0.39, 0.29) is 0 Å². The minimum Gasteiger partial charge on any atom is -0.472 e. The molecule has 0 N–H and O–H groups in total. The molecule has 0 aliphatic carbocycles. The number of hydrogen-bond donors (Lipinski definition) is 0. The van der Waals surface area contributed by atoms with Crippen molar-refractivity contribution in [3.8, 4) is 5.88 Å². The van der Waals surface area contributed by atoms with Crippen LogP contribution in [0, 0.1) is 0 Å². The summed E-state index contributed by atoms with van der Waals surface area (Å²) in [4.78, 5) is 2.39. The quantitative estimate of drug-likeness (QED) is 0.690. The molecule has 0 unspecified atom stereocenters. The van der Waals surface area contributed by atoms with Crippen molar-refractivity contribution in [1.29, 1.82) is 0 Å². The molecule has 4 rings (SSSR count). The minimum absolute atomic E-state index is 0.542. The Balaban J connectivity index is 1.40. The van der Waals surface area contributed by atoms with E-state index in [4.69, 9.17) is 16.3 Å². The van der Waals surface area contributed by atoms with Crippen LogP contribution in [-0.2, 0) is 26.2 Å². The fourth-order valence-corrected chi connectivity index (χ4v) is 3.29. The van der Waals surface area contributed by atoms with Gasteiger partial charge in [0.15, 0.2) is 0 Å². The van der Waals surface area contributed by atoms with E-state index < -0.39 is 0 Å². The molecule has 1 aliphatic heterocycles. The number of halogens is 1. The first-order chi connectivity index (χ1) is 12.3. The summed E-state index contributed by atoms with van der Waals surface area (Å²) < 4.78 is 7.89. The summed E-state index contributed by atoms with van der Waals surface area (Å²) >= 11 is 6.28. The van der Waals surface area contributed by atoms with Crippen molar-refractivity contribution < 1.29 is 4.74 Å². The fourth-order valence-electron chi connectivity index (χ4n) is 3.10. The van der Waals surface area contributed by atoms with E-state index >= 15 is 0 Å². The third kappa shape index (κ3) is 3.86. The zero-order valence-electron chi connectivity index (χ0n) is 13.9. The molecule has 4 nitrogen and oxygen atoms in total. The fraction of sp³-hybridized carbons (Fsp3) is 0.250. The Hall–Kier alpha value is -2.30. The summed E-state index contributed by atoms with van der Waals surface area (Å²) in [6.07, 6.45) is 0. The molecule has 2 aromatic carbocycles. The van der Waals surface area contributed by atoms with Crippen LogP contribution >= 0.6 is 11.6 Å².